The summed E-state index contributed by atoms with van der Waals surface area (Å²) in [6, 6.07) is 7.81. The van der Waals surface area contributed by atoms with E-state index in [4.69, 9.17) is 0 Å². The zero-order valence-electron chi connectivity index (χ0n) is 13.1. The molecule has 0 unspecified atom stereocenters. The summed E-state index contributed by atoms with van der Waals surface area (Å²) in [4.78, 5) is 15.8. The number of aliphatic hydroxyl groups is 1. The molecule has 0 atom stereocenters. The number of nitrogens with one attached hydrogen (secondary N) is 2. The summed E-state index contributed by atoms with van der Waals surface area (Å²) in [6.07, 6.45) is 5.99. The number of para-hydroxylation sites is 1. The van der Waals surface area contributed by atoms with Crippen molar-refractivity contribution in [2.24, 2.45) is 0 Å². The Labute approximate surface area is 130 Å². The second kappa shape index (κ2) is 6.13. The van der Waals surface area contributed by atoms with Crippen molar-refractivity contribution in [3.05, 3.63) is 35.5 Å². The average molecular weight is 300 g/mol. The predicted octanol–water partition coefficient (Wildman–Crippen LogP) is 3.29. The van der Waals surface area contributed by atoms with Crippen molar-refractivity contribution in [2.75, 3.05) is 6.54 Å². The number of H-pyrrole nitrogens is 1. The monoisotopic (exact) mass is 300 g/mol. The molecule has 118 valence electrons. The molecule has 1 aliphatic carbocycles. The fraction of sp³-hybridized carbons (Fsp3) is 0.500. The Balaban J connectivity index is 1.75. The minimum atomic E-state index is -0.744. The maximum Gasteiger partial charge on any atom is 0.253 e. The number of carbonyl (C=O) groups is 1. The third-order valence-corrected chi connectivity index (χ3v) is 4.73. The minimum absolute atomic E-state index is 0.104. The number of hydrogen-bond donors (Lipinski definition) is 3. The van der Waals surface area contributed by atoms with Gasteiger partial charge in [-0.3, -0.25) is 4.79 Å². The van der Waals surface area contributed by atoms with E-state index in [2.05, 4.69) is 10.3 Å². The topological polar surface area (TPSA) is 65.1 Å². The van der Waals surface area contributed by atoms with E-state index < -0.39 is 5.60 Å². The average Bonchev–Trinajstić information content (AvgIpc) is 2.68. The van der Waals surface area contributed by atoms with Crippen LogP contribution in [-0.2, 0) is 0 Å². The molecule has 0 spiro atoms. The molecule has 1 heterocycles. The lowest BCUT2D eigenvalue weighted by atomic mass is 9.94. The van der Waals surface area contributed by atoms with Gasteiger partial charge < -0.3 is 15.4 Å². The van der Waals surface area contributed by atoms with Gasteiger partial charge in [0.15, 0.2) is 0 Å². The molecule has 0 bridgehead atoms. The van der Waals surface area contributed by atoms with Crippen LogP contribution in [0.3, 0.4) is 0 Å². The van der Waals surface area contributed by atoms with Gasteiger partial charge in [0.05, 0.1) is 11.2 Å². The fourth-order valence-corrected chi connectivity index (χ4v) is 3.47. The first-order chi connectivity index (χ1) is 10.6. The first kappa shape index (κ1) is 15.1. The van der Waals surface area contributed by atoms with Gasteiger partial charge in [-0.15, -0.1) is 0 Å². The van der Waals surface area contributed by atoms with Crippen LogP contribution in [0.4, 0.5) is 0 Å². The number of carbonyl (C=O) groups excluding carboxylic acids is 1. The number of aryl methyl sites for hydroxylation is 1. The Morgan fingerprint density at radius 3 is 2.64 bits per heavy atom. The van der Waals surface area contributed by atoms with E-state index in [9.17, 15) is 9.90 Å². The van der Waals surface area contributed by atoms with Gasteiger partial charge in [0, 0.05) is 23.1 Å². The molecule has 0 saturated heterocycles. The number of aromatic nitrogens is 1. The summed E-state index contributed by atoms with van der Waals surface area (Å²) in [7, 11) is 0. The zero-order valence-corrected chi connectivity index (χ0v) is 13.1. The summed E-state index contributed by atoms with van der Waals surface area (Å²) in [6.45, 7) is 2.25. The van der Waals surface area contributed by atoms with Crippen LogP contribution in [-0.4, -0.2) is 28.1 Å². The molecule has 1 aliphatic rings. The summed E-state index contributed by atoms with van der Waals surface area (Å²) in [5.41, 5.74) is 1.78. The Morgan fingerprint density at radius 1 is 1.23 bits per heavy atom. The number of rotatable bonds is 3. The molecule has 2 aromatic rings. The summed E-state index contributed by atoms with van der Waals surface area (Å²) in [5, 5.41) is 14.5. The highest BCUT2D eigenvalue weighted by atomic mass is 16.3. The standard InChI is InChI=1S/C18H24N2O2/c1-13-16(14-8-4-5-9-15(14)20-13)17(21)19-12-18(22)10-6-2-3-7-11-18/h4-5,8-9,20,22H,2-3,6-7,10-12H2,1H3,(H,19,21). The van der Waals surface area contributed by atoms with Crippen LogP contribution in [0.2, 0.25) is 0 Å². The zero-order chi connectivity index (χ0) is 15.6. The smallest absolute Gasteiger partial charge is 0.253 e. The van der Waals surface area contributed by atoms with Crippen LogP contribution in [0.5, 0.6) is 0 Å². The van der Waals surface area contributed by atoms with Crippen LogP contribution in [0, 0.1) is 6.92 Å². The lowest BCUT2D eigenvalue weighted by Gasteiger charge is -2.26. The van der Waals surface area contributed by atoms with E-state index in [0.717, 1.165) is 42.3 Å². The van der Waals surface area contributed by atoms with Crippen LogP contribution >= 0.6 is 0 Å². The van der Waals surface area contributed by atoms with Gasteiger partial charge in [-0.1, -0.05) is 43.9 Å². The SMILES string of the molecule is Cc1[nH]c2ccccc2c1C(=O)NCC1(O)CCCCCC1. The Hall–Kier alpha value is -1.81. The number of fused-ring (bicyclic) bond motifs is 1. The van der Waals surface area contributed by atoms with Gasteiger partial charge in [0.1, 0.15) is 0 Å². The summed E-state index contributed by atoms with van der Waals surface area (Å²) in [5.74, 6) is -0.104. The molecule has 1 fully saturated rings. The highest BCUT2D eigenvalue weighted by molar-refractivity contribution is 6.08. The lowest BCUT2D eigenvalue weighted by Crippen LogP contribution is -2.42. The third kappa shape index (κ3) is 3.02. The molecule has 1 saturated carbocycles. The highest BCUT2D eigenvalue weighted by Crippen LogP contribution is 2.27. The molecule has 0 radical (unpaired) electrons. The van der Waals surface area contributed by atoms with Gasteiger partial charge in [0.25, 0.3) is 5.91 Å². The summed E-state index contributed by atoms with van der Waals surface area (Å²) < 4.78 is 0. The van der Waals surface area contributed by atoms with Crippen LogP contribution in [0.15, 0.2) is 24.3 Å². The van der Waals surface area contributed by atoms with E-state index in [1.807, 2.05) is 31.2 Å². The molecule has 3 rings (SSSR count). The molecule has 0 aliphatic heterocycles. The molecule has 22 heavy (non-hydrogen) atoms. The van der Waals surface area contributed by atoms with E-state index >= 15 is 0 Å². The van der Waals surface area contributed by atoms with Crippen molar-refractivity contribution in [3.8, 4) is 0 Å². The van der Waals surface area contributed by atoms with Crippen molar-refractivity contribution in [1.82, 2.24) is 10.3 Å². The minimum Gasteiger partial charge on any atom is -0.388 e. The maximum atomic E-state index is 12.6. The molecule has 4 nitrogen and oxygen atoms in total. The Kier molecular flexibility index (Phi) is 4.21. The van der Waals surface area contributed by atoms with Crippen molar-refractivity contribution >= 4 is 16.8 Å². The van der Waals surface area contributed by atoms with E-state index in [1.54, 1.807) is 0 Å². The number of aromatic amines is 1. The third-order valence-electron chi connectivity index (χ3n) is 4.73. The molecule has 4 heteroatoms. The fourth-order valence-electron chi connectivity index (χ4n) is 3.47. The maximum absolute atomic E-state index is 12.6. The second-order valence-corrected chi connectivity index (χ2v) is 6.49. The van der Waals surface area contributed by atoms with Crippen molar-refractivity contribution in [1.29, 1.82) is 0 Å². The Bertz CT molecular complexity index is 667. The second-order valence-electron chi connectivity index (χ2n) is 6.49. The first-order valence-electron chi connectivity index (χ1n) is 8.17. The van der Waals surface area contributed by atoms with Crippen LogP contribution in [0.1, 0.15) is 54.6 Å². The van der Waals surface area contributed by atoms with Gasteiger partial charge in [-0.05, 0) is 25.8 Å². The van der Waals surface area contributed by atoms with Crippen molar-refractivity contribution < 1.29 is 9.90 Å². The van der Waals surface area contributed by atoms with Gasteiger partial charge in [0.2, 0.25) is 0 Å². The van der Waals surface area contributed by atoms with Crippen molar-refractivity contribution in [2.45, 2.75) is 51.0 Å². The normalized spacial score (nSPS) is 18.1. The van der Waals surface area contributed by atoms with E-state index in [1.165, 1.54) is 12.8 Å². The van der Waals surface area contributed by atoms with Crippen LogP contribution < -0.4 is 5.32 Å². The predicted molar refractivity (Wildman–Crippen MR) is 88.0 cm³/mol. The molecular weight excluding hydrogens is 276 g/mol. The molecule has 3 N–H and O–H groups in total. The molecular formula is C18H24N2O2. The quantitative estimate of drug-likeness (QED) is 0.762. The molecule has 1 amide bonds. The molecule has 1 aromatic heterocycles. The van der Waals surface area contributed by atoms with Gasteiger partial charge >= 0.3 is 0 Å². The van der Waals surface area contributed by atoms with Gasteiger partial charge in [-0.2, -0.15) is 0 Å². The van der Waals surface area contributed by atoms with E-state index in [0.29, 0.717) is 12.1 Å². The largest absolute Gasteiger partial charge is 0.388 e. The van der Waals surface area contributed by atoms with Crippen LogP contribution in [0.25, 0.3) is 10.9 Å². The highest BCUT2D eigenvalue weighted by Gasteiger charge is 2.29. The Morgan fingerprint density at radius 2 is 1.91 bits per heavy atom. The number of benzene rings is 1. The summed E-state index contributed by atoms with van der Waals surface area (Å²) >= 11 is 0. The number of hydrogen-bond acceptors (Lipinski definition) is 2. The first-order valence-corrected chi connectivity index (χ1v) is 8.17. The van der Waals surface area contributed by atoms with E-state index in [-0.39, 0.29) is 5.91 Å². The van der Waals surface area contributed by atoms with Gasteiger partial charge in [-0.25, -0.2) is 0 Å². The molecule has 1 aromatic carbocycles. The number of amides is 1. The van der Waals surface area contributed by atoms with Crippen molar-refractivity contribution in [3.63, 3.8) is 0 Å². The lowest BCUT2D eigenvalue weighted by molar-refractivity contribution is 0.0246.